The lowest BCUT2D eigenvalue weighted by atomic mass is 10.1. The van der Waals surface area contributed by atoms with Crippen LogP contribution in [0.1, 0.15) is 32.4 Å². The van der Waals surface area contributed by atoms with Gasteiger partial charge in [-0.2, -0.15) is 0 Å². The largest absolute Gasteiger partial charge is 0.396 e. The van der Waals surface area contributed by atoms with Crippen LogP contribution in [0.4, 0.5) is 0 Å². The topological polar surface area (TPSA) is 50.9 Å². The Balaban J connectivity index is 2.42. The summed E-state index contributed by atoms with van der Waals surface area (Å²) in [4.78, 5) is 0. The van der Waals surface area contributed by atoms with Crippen molar-refractivity contribution in [3.05, 3.63) is 11.9 Å². The van der Waals surface area contributed by atoms with Crippen molar-refractivity contribution in [1.29, 1.82) is 0 Å². The fourth-order valence-electron chi connectivity index (χ4n) is 1.56. The number of hydrogen-bond donors (Lipinski definition) is 1. The lowest BCUT2D eigenvalue weighted by molar-refractivity contribution is 0.298. The molecule has 0 spiro atoms. The molecule has 0 saturated heterocycles. The van der Waals surface area contributed by atoms with Crippen LogP contribution in [-0.4, -0.2) is 26.7 Å². The molecule has 0 aromatic carbocycles. The third-order valence-electron chi connectivity index (χ3n) is 2.23. The van der Waals surface area contributed by atoms with Gasteiger partial charge in [-0.3, -0.25) is 4.68 Å². The molecule has 0 aliphatic carbocycles. The normalized spacial score (nSPS) is 13.1. The highest BCUT2D eigenvalue weighted by atomic mass is 16.3. The summed E-state index contributed by atoms with van der Waals surface area (Å²) < 4.78 is 1.87. The molecule has 1 heterocycles. The fourth-order valence-corrected chi connectivity index (χ4v) is 1.56. The van der Waals surface area contributed by atoms with Gasteiger partial charge in [-0.25, -0.2) is 0 Å². The zero-order chi connectivity index (χ0) is 10.4. The number of nitrogens with zero attached hydrogens (tertiary/aromatic N) is 3. The van der Waals surface area contributed by atoms with E-state index in [1.54, 1.807) is 0 Å². The third-order valence-corrected chi connectivity index (χ3v) is 2.23. The first-order valence-electron chi connectivity index (χ1n) is 5.26. The lowest BCUT2D eigenvalue weighted by Gasteiger charge is -2.08. The van der Waals surface area contributed by atoms with E-state index < -0.39 is 0 Å². The Kier molecular flexibility index (Phi) is 4.59. The van der Waals surface area contributed by atoms with Gasteiger partial charge in [-0.05, 0) is 12.3 Å². The zero-order valence-electron chi connectivity index (χ0n) is 8.98. The maximum absolute atomic E-state index is 8.72. The molecule has 1 atom stereocenters. The Morgan fingerprint density at radius 3 is 3.00 bits per heavy atom. The molecule has 0 amide bonds. The van der Waals surface area contributed by atoms with E-state index in [1.807, 2.05) is 10.9 Å². The highest BCUT2D eigenvalue weighted by molar-refractivity contribution is 4.92. The molecule has 1 aromatic rings. The molecule has 0 bridgehead atoms. The predicted molar refractivity (Wildman–Crippen MR) is 54.9 cm³/mol. The van der Waals surface area contributed by atoms with Crippen LogP contribution < -0.4 is 0 Å². The molecule has 0 radical (unpaired) electrons. The van der Waals surface area contributed by atoms with Gasteiger partial charge in [0.2, 0.25) is 0 Å². The third kappa shape index (κ3) is 3.46. The van der Waals surface area contributed by atoms with Crippen molar-refractivity contribution in [3.63, 3.8) is 0 Å². The van der Waals surface area contributed by atoms with E-state index in [1.165, 1.54) is 12.8 Å². The molecule has 1 N–H and O–H groups in total. The summed E-state index contributed by atoms with van der Waals surface area (Å²) in [6.45, 7) is 5.47. The minimum Gasteiger partial charge on any atom is -0.396 e. The Bertz CT molecular complexity index is 260. The van der Waals surface area contributed by atoms with Crippen LogP contribution >= 0.6 is 0 Å². The van der Waals surface area contributed by atoms with Crippen LogP contribution in [0.3, 0.4) is 0 Å². The molecule has 1 aromatic heterocycles. The first-order chi connectivity index (χ1) is 6.76. The standard InChI is InChI=1S/C10H19N3O/c1-3-4-9(2)7-13-8-10(5-6-14)11-12-13/h8-9,14H,3-7H2,1-2H3. The van der Waals surface area contributed by atoms with Crippen LogP contribution in [0.5, 0.6) is 0 Å². The van der Waals surface area contributed by atoms with Gasteiger partial charge in [0, 0.05) is 25.8 Å². The average molecular weight is 197 g/mol. The van der Waals surface area contributed by atoms with E-state index in [-0.39, 0.29) is 6.61 Å². The van der Waals surface area contributed by atoms with E-state index in [9.17, 15) is 0 Å². The Morgan fingerprint density at radius 1 is 1.57 bits per heavy atom. The maximum atomic E-state index is 8.72. The summed E-state index contributed by atoms with van der Waals surface area (Å²) in [6, 6.07) is 0. The molecule has 0 fully saturated rings. The van der Waals surface area contributed by atoms with Gasteiger partial charge < -0.3 is 5.11 Å². The van der Waals surface area contributed by atoms with Crippen molar-refractivity contribution in [1.82, 2.24) is 15.0 Å². The average Bonchev–Trinajstić information content (AvgIpc) is 2.53. The molecule has 0 saturated carbocycles. The highest BCUT2D eigenvalue weighted by Gasteiger charge is 2.04. The second-order valence-electron chi connectivity index (χ2n) is 3.80. The van der Waals surface area contributed by atoms with Crippen molar-refractivity contribution < 1.29 is 5.11 Å². The smallest absolute Gasteiger partial charge is 0.0849 e. The number of rotatable bonds is 6. The minimum atomic E-state index is 0.142. The van der Waals surface area contributed by atoms with Crippen LogP contribution in [0.15, 0.2) is 6.20 Å². The van der Waals surface area contributed by atoms with Crippen molar-refractivity contribution in [2.24, 2.45) is 5.92 Å². The fraction of sp³-hybridized carbons (Fsp3) is 0.800. The van der Waals surface area contributed by atoms with Crippen LogP contribution in [0.25, 0.3) is 0 Å². The van der Waals surface area contributed by atoms with Crippen LogP contribution in [-0.2, 0) is 13.0 Å². The predicted octanol–water partition coefficient (Wildman–Crippen LogP) is 1.25. The van der Waals surface area contributed by atoms with Gasteiger partial charge in [-0.1, -0.05) is 25.5 Å². The summed E-state index contributed by atoms with van der Waals surface area (Å²) >= 11 is 0. The van der Waals surface area contributed by atoms with Crippen molar-refractivity contribution in [2.45, 2.75) is 39.7 Å². The first-order valence-corrected chi connectivity index (χ1v) is 5.26. The zero-order valence-corrected chi connectivity index (χ0v) is 8.98. The minimum absolute atomic E-state index is 0.142. The summed E-state index contributed by atoms with van der Waals surface area (Å²) in [5, 5.41) is 16.7. The second kappa shape index (κ2) is 5.75. The van der Waals surface area contributed by atoms with Gasteiger partial charge in [0.25, 0.3) is 0 Å². The number of aromatic nitrogens is 3. The van der Waals surface area contributed by atoms with Gasteiger partial charge in [0.05, 0.1) is 5.69 Å². The van der Waals surface area contributed by atoms with Gasteiger partial charge in [0.15, 0.2) is 0 Å². The van der Waals surface area contributed by atoms with Crippen LogP contribution in [0, 0.1) is 5.92 Å². The number of aliphatic hydroxyl groups is 1. The summed E-state index contributed by atoms with van der Waals surface area (Å²) in [6.07, 6.45) is 4.94. The summed E-state index contributed by atoms with van der Waals surface area (Å²) in [5.74, 6) is 0.642. The molecule has 1 unspecified atom stereocenters. The van der Waals surface area contributed by atoms with Crippen molar-refractivity contribution >= 4 is 0 Å². The molecule has 1 rings (SSSR count). The van der Waals surface area contributed by atoms with E-state index in [2.05, 4.69) is 24.2 Å². The molecule has 0 aliphatic rings. The SMILES string of the molecule is CCCC(C)Cn1cc(CCO)nn1. The van der Waals surface area contributed by atoms with Crippen molar-refractivity contribution in [3.8, 4) is 0 Å². The molecule has 0 aliphatic heterocycles. The molecule has 4 nitrogen and oxygen atoms in total. The van der Waals surface area contributed by atoms with Gasteiger partial charge in [-0.15, -0.1) is 5.10 Å². The lowest BCUT2D eigenvalue weighted by Crippen LogP contribution is -2.07. The molecule has 80 valence electrons. The van der Waals surface area contributed by atoms with E-state index in [0.717, 1.165) is 12.2 Å². The highest BCUT2D eigenvalue weighted by Crippen LogP contribution is 2.07. The summed E-state index contributed by atoms with van der Waals surface area (Å²) in [5.41, 5.74) is 0.871. The van der Waals surface area contributed by atoms with E-state index >= 15 is 0 Å². The Hall–Kier alpha value is -0.900. The Labute approximate surface area is 84.9 Å². The van der Waals surface area contributed by atoms with E-state index in [0.29, 0.717) is 12.3 Å². The van der Waals surface area contributed by atoms with Crippen molar-refractivity contribution in [2.75, 3.05) is 6.61 Å². The van der Waals surface area contributed by atoms with E-state index in [4.69, 9.17) is 5.11 Å². The number of aliphatic hydroxyl groups excluding tert-OH is 1. The summed E-state index contributed by atoms with van der Waals surface area (Å²) in [7, 11) is 0. The second-order valence-corrected chi connectivity index (χ2v) is 3.80. The molecule has 4 heteroatoms. The monoisotopic (exact) mass is 197 g/mol. The quantitative estimate of drug-likeness (QED) is 0.746. The van der Waals surface area contributed by atoms with Crippen LogP contribution in [0.2, 0.25) is 0 Å². The van der Waals surface area contributed by atoms with Gasteiger partial charge in [0.1, 0.15) is 0 Å². The molecule has 14 heavy (non-hydrogen) atoms. The number of hydrogen-bond acceptors (Lipinski definition) is 3. The molecular formula is C10H19N3O. The van der Waals surface area contributed by atoms with Gasteiger partial charge >= 0.3 is 0 Å². The maximum Gasteiger partial charge on any atom is 0.0849 e. The molecular weight excluding hydrogens is 178 g/mol. The first kappa shape index (κ1) is 11.2. The Morgan fingerprint density at radius 2 is 2.36 bits per heavy atom.